The molecule has 0 aliphatic carbocycles. The van der Waals surface area contributed by atoms with Crippen molar-refractivity contribution in [3.05, 3.63) is 47.7 Å². The number of carbonyl (C=O) groups excluding carboxylic acids is 1. The highest BCUT2D eigenvalue weighted by molar-refractivity contribution is 5.84. The van der Waals surface area contributed by atoms with Gasteiger partial charge in [-0.25, -0.2) is 0 Å². The van der Waals surface area contributed by atoms with Crippen molar-refractivity contribution >= 4 is 16.8 Å². The molecule has 0 radical (unpaired) electrons. The number of aromatic nitrogens is 3. The van der Waals surface area contributed by atoms with E-state index in [-0.39, 0.29) is 11.9 Å². The van der Waals surface area contributed by atoms with E-state index in [9.17, 15) is 4.79 Å². The van der Waals surface area contributed by atoms with Crippen molar-refractivity contribution in [1.82, 2.24) is 25.3 Å². The number of hydrogen-bond acceptors (Lipinski definition) is 5. The van der Waals surface area contributed by atoms with E-state index in [0.717, 1.165) is 31.3 Å². The van der Waals surface area contributed by atoms with Gasteiger partial charge < -0.3 is 19.7 Å². The van der Waals surface area contributed by atoms with E-state index in [2.05, 4.69) is 38.6 Å². The summed E-state index contributed by atoms with van der Waals surface area (Å²) in [6.07, 6.45) is 4.81. The maximum Gasteiger partial charge on any atom is 0.246 e. The molecule has 1 aliphatic rings. The van der Waals surface area contributed by atoms with Gasteiger partial charge in [-0.05, 0) is 43.9 Å². The maximum atomic E-state index is 13.0. The first-order valence-corrected chi connectivity index (χ1v) is 9.07. The molecule has 0 spiro atoms. The first-order valence-electron chi connectivity index (χ1n) is 9.07. The summed E-state index contributed by atoms with van der Waals surface area (Å²) in [7, 11) is 0. The zero-order valence-corrected chi connectivity index (χ0v) is 14.9. The van der Waals surface area contributed by atoms with Crippen molar-refractivity contribution in [3.63, 3.8) is 0 Å². The van der Waals surface area contributed by atoms with Crippen molar-refractivity contribution in [1.29, 1.82) is 0 Å². The van der Waals surface area contributed by atoms with Gasteiger partial charge in [-0.1, -0.05) is 17.3 Å². The zero-order chi connectivity index (χ0) is 17.9. The fourth-order valence-corrected chi connectivity index (χ4v) is 3.56. The van der Waals surface area contributed by atoms with Crippen molar-refractivity contribution < 1.29 is 9.32 Å². The van der Waals surface area contributed by atoms with Crippen LogP contribution < -0.4 is 5.32 Å². The Bertz CT molecular complexity index is 900. The number of H-pyrrole nitrogens is 1. The molecular formula is C19H23N5O2. The molecule has 1 saturated heterocycles. The van der Waals surface area contributed by atoms with Crippen LogP contribution in [0.3, 0.4) is 0 Å². The van der Waals surface area contributed by atoms with Gasteiger partial charge in [0.05, 0.1) is 6.04 Å². The fraction of sp³-hybridized carbons (Fsp3) is 0.421. The van der Waals surface area contributed by atoms with Gasteiger partial charge >= 0.3 is 0 Å². The fourth-order valence-electron chi connectivity index (χ4n) is 3.56. The van der Waals surface area contributed by atoms with Crippen LogP contribution in [-0.4, -0.2) is 38.5 Å². The second-order valence-corrected chi connectivity index (χ2v) is 6.78. The van der Waals surface area contributed by atoms with Crippen LogP contribution in [0.25, 0.3) is 10.9 Å². The summed E-state index contributed by atoms with van der Waals surface area (Å²) in [6.45, 7) is 3.55. The number of rotatable bonds is 5. The van der Waals surface area contributed by atoms with Crippen LogP contribution in [0.1, 0.15) is 36.5 Å². The van der Waals surface area contributed by atoms with Crippen LogP contribution >= 0.6 is 0 Å². The minimum atomic E-state index is -0.185. The number of nitrogens with zero attached hydrogens (tertiary/aromatic N) is 3. The van der Waals surface area contributed by atoms with Crippen LogP contribution in [0.4, 0.5) is 0 Å². The van der Waals surface area contributed by atoms with Crippen LogP contribution in [0.2, 0.25) is 0 Å². The lowest BCUT2D eigenvalue weighted by Gasteiger charge is -2.23. The molecule has 1 amide bonds. The summed E-state index contributed by atoms with van der Waals surface area (Å²) in [5.74, 6) is 1.20. The zero-order valence-electron chi connectivity index (χ0n) is 14.9. The van der Waals surface area contributed by atoms with E-state index in [0.29, 0.717) is 24.8 Å². The smallest absolute Gasteiger partial charge is 0.246 e. The SMILES string of the molecule is Cc1noc(CN2CCCCC(NCc3cccc4[nH]ccc34)C2=O)n1. The molecule has 7 nitrogen and oxygen atoms in total. The van der Waals surface area contributed by atoms with Gasteiger partial charge in [0.25, 0.3) is 0 Å². The predicted molar refractivity (Wildman–Crippen MR) is 97.2 cm³/mol. The number of aryl methyl sites for hydroxylation is 1. The Hall–Kier alpha value is -2.67. The highest BCUT2D eigenvalue weighted by atomic mass is 16.5. The van der Waals surface area contributed by atoms with E-state index in [4.69, 9.17) is 4.52 Å². The molecule has 7 heteroatoms. The van der Waals surface area contributed by atoms with Crippen LogP contribution in [0.5, 0.6) is 0 Å². The molecule has 1 fully saturated rings. The van der Waals surface area contributed by atoms with Gasteiger partial charge in [-0.15, -0.1) is 0 Å². The average molecular weight is 353 g/mol. The van der Waals surface area contributed by atoms with Crippen LogP contribution in [-0.2, 0) is 17.9 Å². The Morgan fingerprint density at radius 3 is 3.12 bits per heavy atom. The van der Waals surface area contributed by atoms with Crippen molar-refractivity contribution in [2.45, 2.75) is 45.3 Å². The van der Waals surface area contributed by atoms with E-state index < -0.39 is 0 Å². The van der Waals surface area contributed by atoms with Gasteiger partial charge in [0.1, 0.15) is 6.54 Å². The highest BCUT2D eigenvalue weighted by Crippen LogP contribution is 2.19. The van der Waals surface area contributed by atoms with E-state index in [1.54, 1.807) is 6.92 Å². The number of nitrogens with one attached hydrogen (secondary N) is 2. The molecule has 136 valence electrons. The third kappa shape index (κ3) is 3.48. The Kier molecular flexibility index (Phi) is 4.71. The summed E-state index contributed by atoms with van der Waals surface area (Å²) in [5.41, 5.74) is 2.31. The monoisotopic (exact) mass is 353 g/mol. The van der Waals surface area contributed by atoms with Crippen molar-refractivity contribution in [2.75, 3.05) is 6.54 Å². The lowest BCUT2D eigenvalue weighted by molar-refractivity contribution is -0.133. The molecule has 1 aliphatic heterocycles. The first kappa shape index (κ1) is 16.8. The van der Waals surface area contributed by atoms with Crippen LogP contribution in [0.15, 0.2) is 35.0 Å². The number of likely N-dealkylation sites (tertiary alicyclic amines) is 1. The molecule has 3 aromatic rings. The largest absolute Gasteiger partial charge is 0.361 e. The van der Waals surface area contributed by atoms with Gasteiger partial charge in [0, 0.05) is 30.2 Å². The number of amides is 1. The highest BCUT2D eigenvalue weighted by Gasteiger charge is 2.27. The standard InChI is InChI=1S/C19H23N5O2/c1-13-22-18(26-23-13)12-24-10-3-2-6-17(19(24)25)21-11-14-5-4-7-16-15(14)8-9-20-16/h4-5,7-9,17,20-21H,2-3,6,10-12H2,1H3. The lowest BCUT2D eigenvalue weighted by atomic mass is 10.1. The summed E-state index contributed by atoms with van der Waals surface area (Å²) in [5, 5.41) is 8.46. The molecule has 1 atom stereocenters. The van der Waals surface area contributed by atoms with Crippen molar-refractivity contribution in [2.24, 2.45) is 0 Å². The minimum absolute atomic E-state index is 0.111. The number of carbonyl (C=O) groups is 1. The number of hydrogen-bond donors (Lipinski definition) is 2. The Labute approximate surface area is 151 Å². The first-order chi connectivity index (χ1) is 12.7. The van der Waals surface area contributed by atoms with E-state index in [1.165, 1.54) is 10.9 Å². The molecule has 0 saturated carbocycles. The van der Waals surface area contributed by atoms with E-state index in [1.807, 2.05) is 17.2 Å². The Morgan fingerprint density at radius 2 is 2.27 bits per heavy atom. The number of aromatic amines is 1. The molecule has 26 heavy (non-hydrogen) atoms. The summed E-state index contributed by atoms with van der Waals surface area (Å²) < 4.78 is 5.18. The second kappa shape index (κ2) is 7.29. The Balaban J connectivity index is 1.45. The van der Waals surface area contributed by atoms with Gasteiger partial charge in [0.15, 0.2) is 5.82 Å². The van der Waals surface area contributed by atoms with Crippen molar-refractivity contribution in [3.8, 4) is 0 Å². The second-order valence-electron chi connectivity index (χ2n) is 6.78. The molecule has 2 aromatic heterocycles. The Morgan fingerprint density at radius 1 is 1.35 bits per heavy atom. The lowest BCUT2D eigenvalue weighted by Crippen LogP contribution is -2.44. The molecule has 1 aromatic carbocycles. The molecule has 0 bridgehead atoms. The van der Waals surface area contributed by atoms with Gasteiger partial charge in [-0.2, -0.15) is 4.98 Å². The van der Waals surface area contributed by atoms with Gasteiger partial charge in [0.2, 0.25) is 11.8 Å². The molecule has 3 heterocycles. The summed E-state index contributed by atoms with van der Waals surface area (Å²) in [4.78, 5) is 22.2. The molecule has 2 N–H and O–H groups in total. The molecular weight excluding hydrogens is 330 g/mol. The third-order valence-electron chi connectivity index (χ3n) is 4.90. The van der Waals surface area contributed by atoms with Gasteiger partial charge in [-0.3, -0.25) is 4.79 Å². The maximum absolute atomic E-state index is 13.0. The topological polar surface area (TPSA) is 87.0 Å². The molecule has 1 unspecified atom stereocenters. The quantitative estimate of drug-likeness (QED) is 0.736. The van der Waals surface area contributed by atoms with E-state index >= 15 is 0 Å². The van der Waals surface area contributed by atoms with Crippen LogP contribution in [0, 0.1) is 6.92 Å². The average Bonchev–Trinajstić information content (AvgIpc) is 3.24. The molecule has 4 rings (SSSR count). The normalized spacial score (nSPS) is 18.4. The summed E-state index contributed by atoms with van der Waals surface area (Å²) >= 11 is 0. The number of fused-ring (bicyclic) bond motifs is 1. The summed E-state index contributed by atoms with van der Waals surface area (Å²) in [6, 6.07) is 8.09. The number of benzene rings is 1. The third-order valence-corrected chi connectivity index (χ3v) is 4.90. The minimum Gasteiger partial charge on any atom is -0.361 e. The predicted octanol–water partition coefficient (Wildman–Crippen LogP) is 2.53.